The molecule has 4 aromatic rings. The van der Waals surface area contributed by atoms with Gasteiger partial charge in [-0.3, -0.25) is 14.4 Å². The van der Waals surface area contributed by atoms with Gasteiger partial charge in [0.25, 0.3) is 11.8 Å². The largest absolute Gasteiger partial charge is 0.339 e. The number of hydrogen-bond donors (Lipinski definition) is 2. The van der Waals surface area contributed by atoms with Crippen molar-refractivity contribution < 1.29 is 14.4 Å². The van der Waals surface area contributed by atoms with Crippen LogP contribution in [0.5, 0.6) is 0 Å². The van der Waals surface area contributed by atoms with Crippen molar-refractivity contribution in [3.05, 3.63) is 108 Å². The minimum atomic E-state index is -0.204. The molecule has 186 valence electrons. The summed E-state index contributed by atoms with van der Waals surface area (Å²) in [5.74, 6) is -0.441. The van der Waals surface area contributed by atoms with Crippen molar-refractivity contribution in [3.63, 3.8) is 0 Å². The van der Waals surface area contributed by atoms with Gasteiger partial charge >= 0.3 is 0 Å². The van der Waals surface area contributed by atoms with E-state index in [1.54, 1.807) is 18.2 Å². The molecule has 0 atom stereocenters. The first-order valence-electron chi connectivity index (χ1n) is 12.5. The van der Waals surface area contributed by atoms with Gasteiger partial charge < -0.3 is 15.5 Å². The first-order chi connectivity index (χ1) is 18.0. The molecule has 0 aliphatic carbocycles. The summed E-state index contributed by atoms with van der Waals surface area (Å²) in [6.07, 6.45) is 1.21. The smallest absolute Gasteiger partial charge is 0.255 e. The molecule has 0 unspecified atom stereocenters. The van der Waals surface area contributed by atoms with Crippen molar-refractivity contribution in [1.82, 2.24) is 4.90 Å². The second-order valence-corrected chi connectivity index (χ2v) is 9.43. The lowest BCUT2D eigenvalue weighted by Crippen LogP contribution is -2.41. The Hall–Kier alpha value is -4.45. The molecule has 1 heterocycles. The van der Waals surface area contributed by atoms with E-state index in [2.05, 4.69) is 10.6 Å². The third kappa shape index (κ3) is 5.38. The Balaban J connectivity index is 1.21. The molecule has 37 heavy (non-hydrogen) atoms. The molecule has 2 N–H and O–H groups in total. The van der Waals surface area contributed by atoms with Crippen LogP contribution in [0.25, 0.3) is 10.8 Å². The fourth-order valence-electron chi connectivity index (χ4n) is 4.79. The van der Waals surface area contributed by atoms with Gasteiger partial charge in [0.15, 0.2) is 0 Å². The summed E-state index contributed by atoms with van der Waals surface area (Å²) in [5, 5.41) is 7.92. The highest BCUT2D eigenvalue weighted by Gasteiger charge is 2.28. The number of carbonyl (C=O) groups excluding carboxylic acids is 3. The Morgan fingerprint density at radius 1 is 0.784 bits per heavy atom. The molecule has 3 amide bonds. The van der Waals surface area contributed by atoms with Gasteiger partial charge in [-0.15, -0.1) is 0 Å². The lowest BCUT2D eigenvalue weighted by molar-refractivity contribution is -0.121. The van der Waals surface area contributed by atoms with Crippen molar-refractivity contribution in [2.45, 2.75) is 19.8 Å². The fourth-order valence-corrected chi connectivity index (χ4v) is 4.79. The number of carbonyl (C=O) groups is 3. The minimum Gasteiger partial charge on any atom is -0.339 e. The van der Waals surface area contributed by atoms with Crippen molar-refractivity contribution in [2.75, 3.05) is 23.7 Å². The minimum absolute atomic E-state index is 0.00774. The van der Waals surface area contributed by atoms with E-state index in [1.807, 2.05) is 84.6 Å². The van der Waals surface area contributed by atoms with Crippen molar-refractivity contribution in [1.29, 1.82) is 0 Å². The molecular weight excluding hydrogens is 462 g/mol. The Labute approximate surface area is 216 Å². The van der Waals surface area contributed by atoms with E-state index in [1.165, 1.54) is 0 Å². The van der Waals surface area contributed by atoms with E-state index in [4.69, 9.17) is 0 Å². The monoisotopic (exact) mass is 491 g/mol. The molecule has 5 rings (SSSR count). The average molecular weight is 492 g/mol. The van der Waals surface area contributed by atoms with Gasteiger partial charge in [-0.25, -0.2) is 0 Å². The third-order valence-electron chi connectivity index (χ3n) is 6.96. The summed E-state index contributed by atoms with van der Waals surface area (Å²) < 4.78 is 0. The normalized spacial score (nSPS) is 13.8. The molecule has 6 heteroatoms. The molecule has 1 aliphatic heterocycles. The van der Waals surface area contributed by atoms with Gasteiger partial charge in [0, 0.05) is 41.5 Å². The van der Waals surface area contributed by atoms with Gasteiger partial charge in [-0.05, 0) is 66.4 Å². The molecule has 1 aliphatic rings. The molecular formula is C31H29N3O3. The van der Waals surface area contributed by atoms with Gasteiger partial charge in [0.05, 0.1) is 0 Å². The SMILES string of the molecule is Cc1ccc(NC(=O)c2ccccc2)cc1NC(=O)C1CCN(C(=O)c2cccc3ccccc23)CC1. The van der Waals surface area contributed by atoms with Crippen molar-refractivity contribution in [3.8, 4) is 0 Å². The number of aryl methyl sites for hydroxylation is 1. The van der Waals surface area contributed by atoms with E-state index < -0.39 is 0 Å². The van der Waals surface area contributed by atoms with Crippen molar-refractivity contribution in [2.24, 2.45) is 5.92 Å². The van der Waals surface area contributed by atoms with Gasteiger partial charge in [-0.2, -0.15) is 0 Å². The zero-order valence-electron chi connectivity index (χ0n) is 20.7. The Bertz CT molecular complexity index is 1450. The standard InChI is InChI=1S/C31H29N3O3/c1-21-14-15-25(32-29(35)23-9-3-2-4-10-23)20-28(21)33-30(36)24-16-18-34(19-17-24)31(37)27-13-7-11-22-8-5-6-12-26(22)27/h2-15,20,24H,16-19H2,1H3,(H,32,35)(H,33,36). The first-order valence-corrected chi connectivity index (χ1v) is 12.5. The van der Waals surface area contributed by atoms with Crippen LogP contribution >= 0.6 is 0 Å². The number of fused-ring (bicyclic) bond motifs is 1. The quantitative estimate of drug-likeness (QED) is 0.365. The maximum absolute atomic E-state index is 13.2. The van der Waals surface area contributed by atoms with E-state index in [0.29, 0.717) is 48.4 Å². The van der Waals surface area contributed by atoms with Crippen LogP contribution in [0.4, 0.5) is 11.4 Å². The zero-order valence-corrected chi connectivity index (χ0v) is 20.7. The molecule has 4 aromatic carbocycles. The van der Waals surface area contributed by atoms with E-state index in [-0.39, 0.29) is 23.6 Å². The Morgan fingerprint density at radius 2 is 1.49 bits per heavy atom. The molecule has 0 spiro atoms. The highest BCUT2D eigenvalue weighted by atomic mass is 16.2. The summed E-state index contributed by atoms with van der Waals surface area (Å²) in [7, 11) is 0. The van der Waals surface area contributed by atoms with Crippen LogP contribution < -0.4 is 10.6 Å². The van der Waals surface area contributed by atoms with Crippen LogP contribution in [0.2, 0.25) is 0 Å². The number of likely N-dealkylation sites (tertiary alicyclic amines) is 1. The third-order valence-corrected chi connectivity index (χ3v) is 6.96. The summed E-state index contributed by atoms with van der Waals surface area (Å²) in [6.45, 7) is 2.99. The van der Waals surface area contributed by atoms with E-state index in [9.17, 15) is 14.4 Å². The topological polar surface area (TPSA) is 78.5 Å². The molecule has 0 saturated carbocycles. The number of nitrogens with one attached hydrogen (secondary N) is 2. The molecule has 0 radical (unpaired) electrons. The first kappa shape index (κ1) is 24.3. The zero-order chi connectivity index (χ0) is 25.8. The Kier molecular flexibility index (Phi) is 6.99. The molecule has 0 aromatic heterocycles. The van der Waals surface area contributed by atoms with Crippen LogP contribution in [0.1, 0.15) is 39.1 Å². The van der Waals surface area contributed by atoms with Crippen LogP contribution in [0, 0.1) is 12.8 Å². The van der Waals surface area contributed by atoms with Gasteiger partial charge in [0.1, 0.15) is 0 Å². The summed E-state index contributed by atoms with van der Waals surface area (Å²) >= 11 is 0. The number of nitrogens with zero attached hydrogens (tertiary/aromatic N) is 1. The summed E-state index contributed by atoms with van der Waals surface area (Å²) in [4.78, 5) is 40.7. The van der Waals surface area contributed by atoms with Gasteiger partial charge in [0.2, 0.25) is 5.91 Å². The maximum Gasteiger partial charge on any atom is 0.255 e. The number of amides is 3. The molecule has 0 bridgehead atoms. The number of anilines is 2. The molecule has 1 saturated heterocycles. The highest BCUT2D eigenvalue weighted by Crippen LogP contribution is 2.26. The lowest BCUT2D eigenvalue weighted by atomic mass is 9.94. The lowest BCUT2D eigenvalue weighted by Gasteiger charge is -2.31. The van der Waals surface area contributed by atoms with Crippen LogP contribution in [-0.4, -0.2) is 35.7 Å². The highest BCUT2D eigenvalue weighted by molar-refractivity contribution is 6.07. The average Bonchev–Trinajstić information content (AvgIpc) is 2.94. The summed E-state index contributed by atoms with van der Waals surface area (Å²) in [6, 6.07) is 28.2. The van der Waals surface area contributed by atoms with Gasteiger partial charge in [-0.1, -0.05) is 60.7 Å². The Morgan fingerprint density at radius 3 is 2.27 bits per heavy atom. The predicted octanol–water partition coefficient (Wildman–Crippen LogP) is 5.89. The molecule has 6 nitrogen and oxygen atoms in total. The maximum atomic E-state index is 13.2. The van der Waals surface area contributed by atoms with Crippen LogP contribution in [0.15, 0.2) is 91.0 Å². The fraction of sp³-hybridized carbons (Fsp3) is 0.194. The summed E-state index contributed by atoms with van der Waals surface area (Å²) in [5.41, 5.74) is 3.47. The van der Waals surface area contributed by atoms with Crippen molar-refractivity contribution >= 4 is 39.9 Å². The number of hydrogen-bond acceptors (Lipinski definition) is 3. The van der Waals surface area contributed by atoms with E-state index in [0.717, 1.165) is 16.3 Å². The number of benzene rings is 4. The predicted molar refractivity (Wildman–Crippen MR) is 147 cm³/mol. The number of rotatable bonds is 5. The second-order valence-electron chi connectivity index (χ2n) is 9.43. The van der Waals surface area contributed by atoms with Crippen LogP contribution in [0.3, 0.4) is 0 Å². The second kappa shape index (κ2) is 10.7. The number of piperidine rings is 1. The molecule has 1 fully saturated rings. The van der Waals surface area contributed by atoms with Crippen LogP contribution in [-0.2, 0) is 4.79 Å². The van der Waals surface area contributed by atoms with E-state index >= 15 is 0 Å².